The van der Waals surface area contributed by atoms with Crippen molar-refractivity contribution in [2.24, 2.45) is 7.05 Å². The molecule has 0 radical (unpaired) electrons. The number of likely N-dealkylation sites (tertiary alicyclic amines) is 1. The number of aromatic nitrogens is 2. The average molecular weight is 348 g/mol. The van der Waals surface area contributed by atoms with Crippen molar-refractivity contribution in [1.82, 2.24) is 19.6 Å². The van der Waals surface area contributed by atoms with Crippen molar-refractivity contribution in [2.75, 3.05) is 20.1 Å². The number of nitrogens with zero attached hydrogens (tertiary/aromatic N) is 4. The number of rotatable bonds is 6. The molecule has 1 fully saturated rings. The van der Waals surface area contributed by atoms with E-state index in [1.54, 1.807) is 9.58 Å². The molecular weight excluding hydrogens is 319 g/mol. The molecule has 2 aliphatic rings. The van der Waals surface area contributed by atoms with Crippen LogP contribution in [0.5, 0.6) is 0 Å². The van der Waals surface area contributed by atoms with Gasteiger partial charge in [-0.15, -0.1) is 0 Å². The third-order valence-corrected chi connectivity index (χ3v) is 5.29. The van der Waals surface area contributed by atoms with E-state index in [0.29, 0.717) is 32.5 Å². The number of amides is 1. The van der Waals surface area contributed by atoms with Crippen LogP contribution in [0.15, 0.2) is 24.0 Å². The largest absolute Gasteiger partial charge is 0.344 e. The Bertz CT molecular complexity index is 627. The first kappa shape index (κ1) is 18.1. The normalized spacial score (nSPS) is 24.4. The van der Waals surface area contributed by atoms with Crippen LogP contribution in [0.1, 0.15) is 44.1 Å². The van der Waals surface area contributed by atoms with Crippen molar-refractivity contribution in [3.8, 4) is 0 Å². The second kappa shape index (κ2) is 8.13. The first-order chi connectivity index (χ1) is 12.0. The van der Waals surface area contributed by atoms with Gasteiger partial charge in [-0.2, -0.15) is 5.10 Å². The number of aryl methyl sites for hydroxylation is 1. The van der Waals surface area contributed by atoms with Gasteiger partial charge in [-0.05, 0) is 32.1 Å². The number of likely N-dealkylation sites (N-methyl/N-ethyl adjacent to an activating group) is 1. The Kier molecular flexibility index (Phi) is 5.89. The van der Waals surface area contributed by atoms with E-state index >= 15 is 0 Å². The van der Waals surface area contributed by atoms with Crippen molar-refractivity contribution in [3.63, 3.8) is 0 Å². The van der Waals surface area contributed by atoms with Crippen molar-refractivity contribution < 1.29 is 9.18 Å². The SMILES string of the molecule is CN(C[C@@H]1C[C@H](F)CN1Cc1cnn(C)c1)C(=O)CC1=CCCCC1. The molecule has 2 atom stereocenters. The Balaban J connectivity index is 1.55. The molecule has 3 rings (SSSR count). The standard InChI is InChI=1S/C19H29FN4O/c1-22(19(25)8-15-6-4-3-5-7-15)14-18-9-17(20)13-24(18)12-16-10-21-23(2)11-16/h6,10-11,17-18H,3-5,7-9,12-14H2,1-2H3/t17-,18-/m0/s1. The fourth-order valence-corrected chi connectivity index (χ4v) is 3.91. The fourth-order valence-electron chi connectivity index (χ4n) is 3.91. The zero-order valence-electron chi connectivity index (χ0n) is 15.3. The Morgan fingerprint density at radius 1 is 1.44 bits per heavy atom. The second-order valence-corrected chi connectivity index (χ2v) is 7.50. The molecule has 0 spiro atoms. The van der Waals surface area contributed by atoms with Crippen molar-refractivity contribution in [1.29, 1.82) is 0 Å². The lowest BCUT2D eigenvalue weighted by molar-refractivity contribution is -0.129. The van der Waals surface area contributed by atoms with Crippen LogP contribution in [0.25, 0.3) is 0 Å². The van der Waals surface area contributed by atoms with Gasteiger partial charge in [0.05, 0.1) is 6.20 Å². The lowest BCUT2D eigenvalue weighted by Gasteiger charge is -2.28. The summed E-state index contributed by atoms with van der Waals surface area (Å²) < 4.78 is 15.7. The van der Waals surface area contributed by atoms with Crippen molar-refractivity contribution in [3.05, 3.63) is 29.6 Å². The van der Waals surface area contributed by atoms with Gasteiger partial charge in [-0.25, -0.2) is 4.39 Å². The molecule has 0 saturated carbocycles. The average Bonchev–Trinajstić information content (AvgIpc) is 3.14. The van der Waals surface area contributed by atoms with Crippen LogP contribution in [0.2, 0.25) is 0 Å². The lowest BCUT2D eigenvalue weighted by atomic mass is 9.97. The highest BCUT2D eigenvalue weighted by molar-refractivity contribution is 5.78. The van der Waals surface area contributed by atoms with Crippen LogP contribution in [0.4, 0.5) is 4.39 Å². The number of carbonyl (C=O) groups is 1. The maximum Gasteiger partial charge on any atom is 0.226 e. The van der Waals surface area contributed by atoms with Gasteiger partial charge in [-0.1, -0.05) is 11.6 Å². The molecular formula is C19H29FN4O. The minimum atomic E-state index is -0.814. The number of hydrogen-bond donors (Lipinski definition) is 0. The molecule has 0 unspecified atom stereocenters. The molecule has 1 amide bonds. The maximum atomic E-state index is 14.0. The van der Waals surface area contributed by atoms with Crippen LogP contribution >= 0.6 is 0 Å². The van der Waals surface area contributed by atoms with Crippen LogP contribution in [0.3, 0.4) is 0 Å². The van der Waals surface area contributed by atoms with E-state index in [1.807, 2.05) is 26.5 Å². The number of halogens is 1. The Morgan fingerprint density at radius 3 is 2.96 bits per heavy atom. The summed E-state index contributed by atoms with van der Waals surface area (Å²) in [5.41, 5.74) is 2.35. The molecule has 1 aromatic heterocycles. The first-order valence-corrected chi connectivity index (χ1v) is 9.29. The smallest absolute Gasteiger partial charge is 0.226 e. The lowest BCUT2D eigenvalue weighted by Crippen LogP contribution is -2.41. The summed E-state index contributed by atoms with van der Waals surface area (Å²) in [4.78, 5) is 16.4. The minimum absolute atomic E-state index is 0.0736. The highest BCUT2D eigenvalue weighted by atomic mass is 19.1. The van der Waals surface area contributed by atoms with Crippen LogP contribution in [0, 0.1) is 0 Å². The van der Waals surface area contributed by atoms with Gasteiger partial charge in [0.15, 0.2) is 0 Å². The topological polar surface area (TPSA) is 41.4 Å². The Hall–Kier alpha value is -1.69. The highest BCUT2D eigenvalue weighted by Gasteiger charge is 2.33. The Morgan fingerprint density at radius 2 is 2.28 bits per heavy atom. The molecule has 0 N–H and O–H groups in total. The quantitative estimate of drug-likeness (QED) is 0.742. The van der Waals surface area contributed by atoms with Gasteiger partial charge in [0.1, 0.15) is 6.17 Å². The van der Waals surface area contributed by atoms with Gasteiger partial charge >= 0.3 is 0 Å². The van der Waals surface area contributed by atoms with E-state index in [0.717, 1.165) is 18.4 Å². The summed E-state index contributed by atoms with van der Waals surface area (Å²) >= 11 is 0. The van der Waals surface area contributed by atoms with Crippen LogP contribution in [-0.2, 0) is 18.4 Å². The molecule has 6 heteroatoms. The maximum absolute atomic E-state index is 14.0. The van der Waals surface area contributed by atoms with Crippen LogP contribution < -0.4 is 0 Å². The van der Waals surface area contributed by atoms with Gasteiger partial charge in [0, 0.05) is 58.0 Å². The zero-order valence-corrected chi connectivity index (χ0v) is 15.3. The second-order valence-electron chi connectivity index (χ2n) is 7.50. The number of hydrogen-bond acceptors (Lipinski definition) is 3. The van der Waals surface area contributed by atoms with E-state index in [-0.39, 0.29) is 11.9 Å². The molecule has 1 saturated heterocycles. The number of allylic oxidation sites excluding steroid dienone is 1. The van der Waals surface area contributed by atoms with Crippen molar-refractivity contribution in [2.45, 2.75) is 57.3 Å². The molecule has 1 aliphatic heterocycles. The van der Waals surface area contributed by atoms with Crippen molar-refractivity contribution >= 4 is 5.91 Å². The highest BCUT2D eigenvalue weighted by Crippen LogP contribution is 2.24. The summed E-state index contributed by atoms with van der Waals surface area (Å²) in [7, 11) is 3.73. The van der Waals surface area contributed by atoms with Gasteiger partial charge in [0.25, 0.3) is 0 Å². The van der Waals surface area contributed by atoms with E-state index < -0.39 is 6.17 Å². The van der Waals surface area contributed by atoms with E-state index in [2.05, 4.69) is 16.1 Å². The first-order valence-electron chi connectivity index (χ1n) is 9.29. The Labute approximate surface area is 149 Å². The zero-order chi connectivity index (χ0) is 17.8. The molecule has 0 bridgehead atoms. The van der Waals surface area contributed by atoms with Gasteiger partial charge in [-0.3, -0.25) is 14.4 Å². The summed E-state index contributed by atoms with van der Waals surface area (Å²) in [5.74, 6) is 0.150. The third kappa shape index (κ3) is 4.91. The predicted molar refractivity (Wildman–Crippen MR) is 95.7 cm³/mol. The molecule has 0 aromatic carbocycles. The summed E-state index contributed by atoms with van der Waals surface area (Å²) in [6.45, 7) is 1.71. The van der Waals surface area contributed by atoms with E-state index in [1.165, 1.54) is 18.4 Å². The molecule has 5 nitrogen and oxygen atoms in total. The predicted octanol–water partition coefficient (Wildman–Crippen LogP) is 2.68. The fraction of sp³-hybridized carbons (Fsp3) is 0.684. The number of alkyl halides is 1. The summed E-state index contributed by atoms with van der Waals surface area (Å²) in [5, 5.41) is 4.18. The minimum Gasteiger partial charge on any atom is -0.344 e. The monoisotopic (exact) mass is 348 g/mol. The molecule has 1 aromatic rings. The van der Waals surface area contributed by atoms with Gasteiger partial charge in [0.2, 0.25) is 5.91 Å². The third-order valence-electron chi connectivity index (χ3n) is 5.29. The summed E-state index contributed by atoms with van der Waals surface area (Å²) in [6.07, 6.45) is 10.8. The number of carbonyl (C=O) groups excluding carboxylic acids is 1. The van der Waals surface area contributed by atoms with Gasteiger partial charge < -0.3 is 4.90 Å². The van der Waals surface area contributed by atoms with E-state index in [4.69, 9.17) is 0 Å². The molecule has 25 heavy (non-hydrogen) atoms. The van der Waals surface area contributed by atoms with Crippen LogP contribution in [-0.4, -0.2) is 57.8 Å². The molecule has 1 aliphatic carbocycles. The molecule has 2 heterocycles. The van der Waals surface area contributed by atoms with E-state index in [9.17, 15) is 9.18 Å². The molecule has 138 valence electrons. The summed E-state index contributed by atoms with van der Waals surface area (Å²) in [6, 6.07) is 0.0736.